The molecule has 0 radical (unpaired) electrons. The first kappa shape index (κ1) is 17.3. The summed E-state index contributed by atoms with van der Waals surface area (Å²) in [6.07, 6.45) is 0.729. The number of ether oxygens (including phenoxy) is 1. The molecule has 0 amide bonds. The van der Waals surface area contributed by atoms with E-state index in [4.69, 9.17) is 27.9 Å². The van der Waals surface area contributed by atoms with Crippen molar-refractivity contribution in [2.45, 2.75) is 18.1 Å². The fourth-order valence-electron chi connectivity index (χ4n) is 1.99. The summed E-state index contributed by atoms with van der Waals surface area (Å²) in [5.41, 5.74) is 0.503. The van der Waals surface area contributed by atoms with Gasteiger partial charge in [-0.1, -0.05) is 41.5 Å². The Morgan fingerprint density at radius 3 is 2.95 bits per heavy atom. The number of hydrogen-bond acceptors (Lipinski definition) is 4. The molecule has 0 saturated heterocycles. The van der Waals surface area contributed by atoms with Crippen molar-refractivity contribution in [3.8, 4) is 0 Å². The van der Waals surface area contributed by atoms with E-state index >= 15 is 0 Å². The molecule has 118 valence electrons. The molecule has 22 heavy (non-hydrogen) atoms. The van der Waals surface area contributed by atoms with Gasteiger partial charge in [-0.15, -0.1) is 0 Å². The zero-order chi connectivity index (χ0) is 16.1. The molecule has 7 heteroatoms. The topological polar surface area (TPSA) is 44.1 Å². The molecule has 2 rings (SSSR count). The Morgan fingerprint density at radius 2 is 2.27 bits per heavy atom. The summed E-state index contributed by atoms with van der Waals surface area (Å²) >= 11 is 13.2. The number of hydrogen-bond donors (Lipinski definition) is 0. The van der Waals surface area contributed by atoms with Crippen molar-refractivity contribution < 1.29 is 4.74 Å². The molecule has 0 saturated carbocycles. The van der Waals surface area contributed by atoms with Gasteiger partial charge in [0.15, 0.2) is 5.16 Å². The molecule has 1 heterocycles. The quantitative estimate of drug-likeness (QED) is 0.427. The van der Waals surface area contributed by atoms with Crippen molar-refractivity contribution in [2.75, 3.05) is 19.5 Å². The number of nitrogens with zero attached hydrogens (tertiary/aromatic N) is 2. The van der Waals surface area contributed by atoms with Crippen LogP contribution in [0.1, 0.15) is 6.42 Å². The number of fused-ring (bicyclic) bond motifs is 1. The third kappa shape index (κ3) is 4.26. The van der Waals surface area contributed by atoms with Crippen molar-refractivity contribution >= 4 is 45.9 Å². The van der Waals surface area contributed by atoms with Crippen LogP contribution in [0.5, 0.6) is 0 Å². The third-order valence-electron chi connectivity index (χ3n) is 2.97. The first-order chi connectivity index (χ1) is 10.5. The first-order valence-corrected chi connectivity index (χ1v) is 8.42. The highest BCUT2D eigenvalue weighted by molar-refractivity contribution is 7.99. The monoisotopic (exact) mass is 358 g/mol. The SMILES string of the molecule is C=C(Cl)CSc1nc2cc(Cl)ccc2c(=O)n1CCCOC. The lowest BCUT2D eigenvalue weighted by Crippen LogP contribution is -2.24. The molecular formula is C15H16Cl2N2O2S. The first-order valence-electron chi connectivity index (χ1n) is 6.68. The van der Waals surface area contributed by atoms with Gasteiger partial charge in [-0.05, 0) is 24.6 Å². The molecule has 0 N–H and O–H groups in total. The minimum Gasteiger partial charge on any atom is -0.385 e. The average Bonchev–Trinajstić information content (AvgIpc) is 2.47. The zero-order valence-electron chi connectivity index (χ0n) is 12.1. The van der Waals surface area contributed by atoms with E-state index in [-0.39, 0.29) is 5.56 Å². The molecule has 0 aliphatic carbocycles. The van der Waals surface area contributed by atoms with Crippen molar-refractivity contribution in [1.29, 1.82) is 0 Å². The molecule has 1 aromatic carbocycles. The molecule has 2 aromatic rings. The number of thioether (sulfide) groups is 1. The van der Waals surface area contributed by atoms with Gasteiger partial charge in [0.2, 0.25) is 0 Å². The summed E-state index contributed by atoms with van der Waals surface area (Å²) in [7, 11) is 1.64. The van der Waals surface area contributed by atoms with Crippen molar-refractivity contribution in [1.82, 2.24) is 9.55 Å². The van der Waals surface area contributed by atoms with Gasteiger partial charge in [-0.25, -0.2) is 4.98 Å². The number of benzene rings is 1. The number of methoxy groups -OCH3 is 1. The van der Waals surface area contributed by atoms with E-state index in [1.807, 2.05) is 0 Å². The number of aromatic nitrogens is 2. The maximum Gasteiger partial charge on any atom is 0.262 e. The fourth-order valence-corrected chi connectivity index (χ4v) is 3.10. The molecule has 0 aliphatic rings. The van der Waals surface area contributed by atoms with Crippen molar-refractivity contribution in [3.63, 3.8) is 0 Å². The van der Waals surface area contributed by atoms with Crippen LogP contribution < -0.4 is 5.56 Å². The van der Waals surface area contributed by atoms with Gasteiger partial charge in [0.25, 0.3) is 5.56 Å². The van der Waals surface area contributed by atoms with E-state index in [1.54, 1.807) is 29.9 Å². The van der Waals surface area contributed by atoms with E-state index in [0.29, 0.717) is 45.0 Å². The molecule has 0 fully saturated rings. The predicted octanol–water partition coefficient (Wildman–Crippen LogP) is 3.93. The zero-order valence-corrected chi connectivity index (χ0v) is 14.5. The fraction of sp³-hybridized carbons (Fsp3) is 0.333. The van der Waals surface area contributed by atoms with Crippen LogP contribution in [0.3, 0.4) is 0 Å². The van der Waals surface area contributed by atoms with E-state index in [0.717, 1.165) is 6.42 Å². The third-order valence-corrected chi connectivity index (χ3v) is 4.56. The van der Waals surface area contributed by atoms with E-state index in [1.165, 1.54) is 11.8 Å². The lowest BCUT2D eigenvalue weighted by molar-refractivity contribution is 0.189. The minimum absolute atomic E-state index is 0.0829. The van der Waals surface area contributed by atoms with Gasteiger partial charge >= 0.3 is 0 Å². The summed E-state index contributed by atoms with van der Waals surface area (Å²) in [5.74, 6) is 0.490. The Hall–Kier alpha value is -1.01. The molecule has 0 spiro atoms. The van der Waals surface area contributed by atoms with Crippen molar-refractivity contribution in [2.24, 2.45) is 0 Å². The van der Waals surface area contributed by atoms with E-state index in [2.05, 4.69) is 11.6 Å². The Labute approximate surface area is 143 Å². The van der Waals surface area contributed by atoms with Crippen LogP contribution in [0.4, 0.5) is 0 Å². The van der Waals surface area contributed by atoms with Crippen LogP contribution in [-0.2, 0) is 11.3 Å². The summed E-state index contributed by atoms with van der Waals surface area (Å²) in [6.45, 7) is 4.78. The molecule has 1 aromatic heterocycles. The molecule has 0 aliphatic heterocycles. The lowest BCUT2D eigenvalue weighted by atomic mass is 10.2. The molecule has 0 bridgehead atoms. The summed E-state index contributed by atoms with van der Waals surface area (Å²) in [6, 6.07) is 5.09. The van der Waals surface area contributed by atoms with Gasteiger partial charge in [0.1, 0.15) is 0 Å². The lowest BCUT2D eigenvalue weighted by Gasteiger charge is -2.12. The summed E-state index contributed by atoms with van der Waals surface area (Å²) < 4.78 is 6.70. The Balaban J connectivity index is 2.48. The maximum atomic E-state index is 12.7. The van der Waals surface area contributed by atoms with Crippen LogP contribution in [0, 0.1) is 0 Å². The summed E-state index contributed by atoms with van der Waals surface area (Å²) in [4.78, 5) is 17.2. The highest BCUT2D eigenvalue weighted by atomic mass is 35.5. The second kappa shape index (κ2) is 8.02. The molecule has 0 atom stereocenters. The van der Waals surface area contributed by atoms with E-state index in [9.17, 15) is 4.79 Å². The highest BCUT2D eigenvalue weighted by Crippen LogP contribution is 2.22. The van der Waals surface area contributed by atoms with Crippen LogP contribution in [0.15, 0.2) is 39.8 Å². The maximum absolute atomic E-state index is 12.7. The van der Waals surface area contributed by atoms with Gasteiger partial charge in [-0.2, -0.15) is 0 Å². The second-order valence-electron chi connectivity index (χ2n) is 4.66. The van der Waals surface area contributed by atoms with Gasteiger partial charge in [0.05, 0.1) is 10.9 Å². The smallest absolute Gasteiger partial charge is 0.262 e. The van der Waals surface area contributed by atoms with Crippen LogP contribution in [0.25, 0.3) is 10.9 Å². The number of rotatable bonds is 7. The molecular weight excluding hydrogens is 343 g/mol. The normalized spacial score (nSPS) is 11.0. The average molecular weight is 359 g/mol. The van der Waals surface area contributed by atoms with E-state index < -0.39 is 0 Å². The second-order valence-corrected chi connectivity index (χ2v) is 6.58. The van der Waals surface area contributed by atoms with Crippen molar-refractivity contribution in [3.05, 3.63) is 45.2 Å². The standard InChI is InChI=1S/C15H16Cl2N2O2S/c1-10(16)9-22-15-18-13-8-11(17)4-5-12(13)14(20)19(15)6-3-7-21-2/h4-5,8H,1,3,6-7,9H2,2H3. The van der Waals surface area contributed by atoms with Gasteiger partial charge in [0, 0.05) is 36.1 Å². The highest BCUT2D eigenvalue weighted by Gasteiger charge is 2.12. The number of halogens is 2. The van der Waals surface area contributed by atoms with Crippen LogP contribution in [0.2, 0.25) is 5.02 Å². The Kier molecular flexibility index (Phi) is 6.32. The van der Waals surface area contributed by atoms with Crippen LogP contribution in [-0.4, -0.2) is 29.0 Å². The van der Waals surface area contributed by atoms with Gasteiger partial charge < -0.3 is 4.74 Å². The van der Waals surface area contributed by atoms with Crippen LogP contribution >= 0.6 is 35.0 Å². The molecule has 0 unspecified atom stereocenters. The Bertz CT molecular complexity index is 746. The molecule has 4 nitrogen and oxygen atoms in total. The van der Waals surface area contributed by atoms with Gasteiger partial charge in [-0.3, -0.25) is 9.36 Å². The minimum atomic E-state index is -0.0829. The Morgan fingerprint density at radius 1 is 1.50 bits per heavy atom. The predicted molar refractivity (Wildman–Crippen MR) is 93.2 cm³/mol. The largest absolute Gasteiger partial charge is 0.385 e. The summed E-state index contributed by atoms with van der Waals surface area (Å²) in [5, 5.41) is 2.22.